The van der Waals surface area contributed by atoms with Gasteiger partial charge in [0, 0.05) is 11.0 Å². The number of halogens is 1. The van der Waals surface area contributed by atoms with Gasteiger partial charge < -0.3 is 19.5 Å². The van der Waals surface area contributed by atoms with E-state index in [4.69, 9.17) is 14.2 Å². The first-order chi connectivity index (χ1) is 10.2. The van der Waals surface area contributed by atoms with Crippen LogP contribution in [0.4, 0.5) is 0 Å². The number of hydrogen-bond acceptors (Lipinski definition) is 5. The van der Waals surface area contributed by atoms with Gasteiger partial charge in [0.1, 0.15) is 6.61 Å². The molecule has 2 aromatic rings. The first-order valence-corrected chi connectivity index (χ1v) is 8.11. The van der Waals surface area contributed by atoms with Crippen molar-refractivity contribution in [1.29, 1.82) is 0 Å². The summed E-state index contributed by atoms with van der Waals surface area (Å²) in [6.07, 6.45) is 0. The lowest BCUT2D eigenvalue weighted by Crippen LogP contribution is -2.06. The minimum Gasteiger partial charge on any atom is -0.493 e. The highest BCUT2D eigenvalue weighted by Crippen LogP contribution is 2.39. The monoisotopic (exact) mass is 371 g/mol. The Morgan fingerprint density at radius 2 is 1.86 bits per heavy atom. The number of ether oxygens (including phenoxy) is 3. The van der Waals surface area contributed by atoms with Crippen molar-refractivity contribution >= 4 is 27.3 Å². The van der Waals surface area contributed by atoms with E-state index in [-0.39, 0.29) is 0 Å². The predicted molar refractivity (Wildman–Crippen MR) is 88.7 cm³/mol. The van der Waals surface area contributed by atoms with Gasteiger partial charge in [0.25, 0.3) is 0 Å². The van der Waals surface area contributed by atoms with Gasteiger partial charge in [-0.3, -0.25) is 0 Å². The largest absolute Gasteiger partial charge is 0.493 e. The molecular formula is C15H18BrNO3S. The van der Waals surface area contributed by atoms with Crippen LogP contribution in [0.25, 0.3) is 0 Å². The zero-order chi connectivity index (χ0) is 15.2. The van der Waals surface area contributed by atoms with E-state index in [1.165, 1.54) is 0 Å². The van der Waals surface area contributed by atoms with Gasteiger partial charge in [0.05, 0.1) is 19.1 Å². The highest BCUT2D eigenvalue weighted by Gasteiger charge is 2.15. The van der Waals surface area contributed by atoms with Crippen molar-refractivity contribution in [3.63, 3.8) is 0 Å². The summed E-state index contributed by atoms with van der Waals surface area (Å²) in [6.45, 7) is 1.21. The SMILES string of the molecule is CNCc1cc(OC)c(OCc2sccc2Br)c(OC)c1. The second-order valence-electron chi connectivity index (χ2n) is 4.34. The van der Waals surface area contributed by atoms with Crippen molar-refractivity contribution in [3.8, 4) is 17.2 Å². The molecule has 0 spiro atoms. The van der Waals surface area contributed by atoms with Gasteiger partial charge in [-0.25, -0.2) is 0 Å². The lowest BCUT2D eigenvalue weighted by atomic mass is 10.2. The molecule has 0 bridgehead atoms. The molecule has 0 radical (unpaired) electrons. The zero-order valence-electron chi connectivity index (χ0n) is 12.2. The van der Waals surface area contributed by atoms with Gasteiger partial charge in [-0.05, 0) is 52.1 Å². The third-order valence-electron chi connectivity index (χ3n) is 2.94. The van der Waals surface area contributed by atoms with E-state index in [0.717, 1.165) is 21.5 Å². The van der Waals surface area contributed by atoms with Gasteiger partial charge in [-0.15, -0.1) is 11.3 Å². The molecule has 0 atom stereocenters. The third kappa shape index (κ3) is 3.90. The quantitative estimate of drug-likeness (QED) is 0.802. The summed E-state index contributed by atoms with van der Waals surface area (Å²) in [4.78, 5) is 1.12. The molecule has 2 rings (SSSR count). The summed E-state index contributed by atoms with van der Waals surface area (Å²) < 4.78 is 17.8. The maximum atomic E-state index is 5.92. The van der Waals surface area contributed by atoms with Crippen molar-refractivity contribution in [2.75, 3.05) is 21.3 Å². The maximum absolute atomic E-state index is 5.92. The van der Waals surface area contributed by atoms with Crippen molar-refractivity contribution in [2.45, 2.75) is 13.2 Å². The smallest absolute Gasteiger partial charge is 0.203 e. The summed E-state index contributed by atoms with van der Waals surface area (Å²) in [7, 11) is 5.16. The highest BCUT2D eigenvalue weighted by molar-refractivity contribution is 9.10. The molecule has 0 aliphatic carbocycles. The van der Waals surface area contributed by atoms with Crippen LogP contribution in [0, 0.1) is 0 Å². The maximum Gasteiger partial charge on any atom is 0.203 e. The van der Waals surface area contributed by atoms with Crippen LogP contribution >= 0.6 is 27.3 Å². The first-order valence-electron chi connectivity index (χ1n) is 6.43. The summed E-state index contributed by atoms with van der Waals surface area (Å²) in [5.74, 6) is 1.97. The zero-order valence-corrected chi connectivity index (χ0v) is 14.6. The average molecular weight is 372 g/mol. The van der Waals surface area contributed by atoms with Crippen LogP contribution in [0.2, 0.25) is 0 Å². The van der Waals surface area contributed by atoms with Gasteiger partial charge >= 0.3 is 0 Å². The molecule has 0 aliphatic rings. The van der Waals surface area contributed by atoms with Gasteiger partial charge in [0.15, 0.2) is 11.5 Å². The van der Waals surface area contributed by atoms with Crippen LogP contribution < -0.4 is 19.5 Å². The van der Waals surface area contributed by atoms with E-state index in [0.29, 0.717) is 23.9 Å². The minimum atomic E-state index is 0.469. The van der Waals surface area contributed by atoms with E-state index in [1.54, 1.807) is 25.6 Å². The summed E-state index contributed by atoms with van der Waals surface area (Å²) in [5, 5.41) is 5.13. The number of nitrogens with one attached hydrogen (secondary N) is 1. The molecule has 1 heterocycles. The third-order valence-corrected chi connectivity index (χ3v) is 4.84. The fourth-order valence-electron chi connectivity index (χ4n) is 1.95. The normalized spacial score (nSPS) is 10.5. The van der Waals surface area contributed by atoms with E-state index < -0.39 is 0 Å². The van der Waals surface area contributed by atoms with Crippen LogP contribution in [0.5, 0.6) is 17.2 Å². The molecule has 0 amide bonds. The average Bonchev–Trinajstić information content (AvgIpc) is 2.90. The molecule has 114 valence electrons. The molecule has 0 saturated carbocycles. The fourth-order valence-corrected chi connectivity index (χ4v) is 3.33. The summed E-state index contributed by atoms with van der Waals surface area (Å²) in [6, 6.07) is 5.92. The molecule has 1 aromatic carbocycles. The van der Waals surface area contributed by atoms with Crippen LogP contribution in [0.1, 0.15) is 10.4 Å². The topological polar surface area (TPSA) is 39.7 Å². The molecule has 1 N–H and O–H groups in total. The Labute approximate surface area is 137 Å². The van der Waals surface area contributed by atoms with Gasteiger partial charge in [-0.2, -0.15) is 0 Å². The lowest BCUT2D eigenvalue weighted by Gasteiger charge is -2.16. The number of methoxy groups -OCH3 is 2. The van der Waals surface area contributed by atoms with E-state index in [9.17, 15) is 0 Å². The van der Waals surface area contributed by atoms with Crippen LogP contribution in [0.3, 0.4) is 0 Å². The summed E-state index contributed by atoms with van der Waals surface area (Å²) >= 11 is 5.15. The number of thiophene rings is 1. The molecular weight excluding hydrogens is 354 g/mol. The van der Waals surface area contributed by atoms with Crippen LogP contribution in [-0.4, -0.2) is 21.3 Å². The number of hydrogen-bond donors (Lipinski definition) is 1. The van der Waals surface area contributed by atoms with E-state index in [1.807, 2.05) is 30.6 Å². The fraction of sp³-hybridized carbons (Fsp3) is 0.333. The van der Waals surface area contributed by atoms with Crippen molar-refractivity contribution in [1.82, 2.24) is 5.32 Å². The van der Waals surface area contributed by atoms with Crippen molar-refractivity contribution in [3.05, 3.63) is 38.5 Å². The Kier molecular flexibility index (Phi) is 5.90. The Bertz CT molecular complexity index is 575. The van der Waals surface area contributed by atoms with E-state index >= 15 is 0 Å². The molecule has 0 unspecified atom stereocenters. The van der Waals surface area contributed by atoms with Crippen molar-refractivity contribution in [2.24, 2.45) is 0 Å². The molecule has 0 aliphatic heterocycles. The van der Waals surface area contributed by atoms with Gasteiger partial charge in [0.2, 0.25) is 5.75 Å². The number of rotatable bonds is 7. The Hall–Kier alpha value is -1.24. The molecule has 21 heavy (non-hydrogen) atoms. The first kappa shape index (κ1) is 16.1. The van der Waals surface area contributed by atoms with Crippen molar-refractivity contribution < 1.29 is 14.2 Å². The minimum absolute atomic E-state index is 0.469. The molecule has 1 aromatic heterocycles. The highest BCUT2D eigenvalue weighted by atomic mass is 79.9. The standard InChI is InChI=1S/C15H18BrNO3S/c1-17-8-10-6-12(18-2)15(13(7-10)19-3)20-9-14-11(16)4-5-21-14/h4-7,17H,8-9H2,1-3H3. The van der Waals surface area contributed by atoms with Crippen LogP contribution in [-0.2, 0) is 13.2 Å². The van der Waals surface area contributed by atoms with Crippen LogP contribution in [0.15, 0.2) is 28.1 Å². The van der Waals surface area contributed by atoms with Gasteiger partial charge in [-0.1, -0.05) is 0 Å². The summed E-state index contributed by atoms with van der Waals surface area (Å²) in [5.41, 5.74) is 1.08. The molecule has 4 nitrogen and oxygen atoms in total. The van der Waals surface area contributed by atoms with E-state index in [2.05, 4.69) is 21.2 Å². The lowest BCUT2D eigenvalue weighted by molar-refractivity contribution is 0.267. The Balaban J connectivity index is 2.26. The second-order valence-corrected chi connectivity index (χ2v) is 6.20. The Morgan fingerprint density at radius 3 is 2.33 bits per heavy atom. The Morgan fingerprint density at radius 1 is 1.19 bits per heavy atom. The predicted octanol–water partition coefficient (Wildman–Crippen LogP) is 3.83. The molecule has 0 saturated heterocycles. The second kappa shape index (κ2) is 7.68. The number of benzene rings is 1. The molecule has 6 heteroatoms. The molecule has 0 fully saturated rings.